The molecule has 31 heavy (non-hydrogen) atoms. The quantitative estimate of drug-likeness (QED) is 0.487. The highest BCUT2D eigenvalue weighted by atomic mass is 19.1. The first-order chi connectivity index (χ1) is 15.0. The van der Waals surface area contributed by atoms with Crippen LogP contribution < -0.4 is 15.8 Å². The van der Waals surface area contributed by atoms with Gasteiger partial charge < -0.3 is 14.5 Å². The van der Waals surface area contributed by atoms with Gasteiger partial charge in [0, 0.05) is 6.20 Å². The smallest absolute Gasteiger partial charge is 0.417 e. The first-order valence-corrected chi connectivity index (χ1v) is 8.84. The van der Waals surface area contributed by atoms with Gasteiger partial charge in [-0.3, -0.25) is 14.8 Å². The maximum atomic E-state index is 14.4. The van der Waals surface area contributed by atoms with E-state index in [9.17, 15) is 22.8 Å². The zero-order valence-electron chi connectivity index (χ0n) is 15.6. The van der Waals surface area contributed by atoms with Crippen molar-refractivity contribution >= 4 is 17.0 Å². The molecule has 3 aromatic heterocycles. The van der Waals surface area contributed by atoms with Crippen LogP contribution in [0, 0.1) is 11.6 Å². The Bertz CT molecular complexity index is 1320. The summed E-state index contributed by atoms with van der Waals surface area (Å²) in [7, 11) is 0. The van der Waals surface area contributed by atoms with E-state index in [1.807, 2.05) is 0 Å². The number of amides is 1. The van der Waals surface area contributed by atoms with Crippen LogP contribution in [-0.2, 0) is 0 Å². The number of ether oxygens (including phenoxy) is 1. The van der Waals surface area contributed by atoms with Gasteiger partial charge >= 0.3 is 5.76 Å². The van der Waals surface area contributed by atoms with E-state index in [-0.39, 0.29) is 33.8 Å². The normalized spacial score (nSPS) is 12.0. The molecule has 0 unspecified atom stereocenters. The van der Waals surface area contributed by atoms with Crippen LogP contribution in [0.3, 0.4) is 0 Å². The topological polar surface area (TPSA) is 110 Å². The molecule has 0 aliphatic heterocycles. The second-order valence-electron chi connectivity index (χ2n) is 6.30. The van der Waals surface area contributed by atoms with E-state index in [2.05, 4.69) is 25.0 Å². The van der Waals surface area contributed by atoms with Gasteiger partial charge in [0.1, 0.15) is 17.2 Å². The molecule has 1 amide bonds. The number of nitrogens with zero attached hydrogens (tertiary/aromatic N) is 2. The summed E-state index contributed by atoms with van der Waals surface area (Å²) in [5.41, 5.74) is 0.243. The van der Waals surface area contributed by atoms with Crippen LogP contribution in [0.15, 0.2) is 58.0 Å². The number of fused-ring (bicyclic) bond motifs is 1. The number of oxazole rings is 1. The number of pyridine rings is 2. The maximum Gasteiger partial charge on any atom is 0.417 e. The largest absolute Gasteiger partial charge is 0.460 e. The summed E-state index contributed by atoms with van der Waals surface area (Å²) in [4.78, 5) is 34.4. The van der Waals surface area contributed by atoms with Crippen molar-refractivity contribution in [3.63, 3.8) is 0 Å². The molecule has 8 nitrogen and oxygen atoms in total. The Hall–Kier alpha value is -4.15. The van der Waals surface area contributed by atoms with Crippen LogP contribution >= 0.6 is 0 Å². The van der Waals surface area contributed by atoms with Gasteiger partial charge in [-0.1, -0.05) is 6.07 Å². The summed E-state index contributed by atoms with van der Waals surface area (Å²) in [6.07, 6.45) is 2.50. The Balaban J connectivity index is 1.72. The Morgan fingerprint density at radius 1 is 1.19 bits per heavy atom. The Morgan fingerprint density at radius 3 is 2.77 bits per heavy atom. The van der Waals surface area contributed by atoms with E-state index >= 15 is 0 Å². The summed E-state index contributed by atoms with van der Waals surface area (Å²) < 4.78 is 50.4. The van der Waals surface area contributed by atoms with Gasteiger partial charge in [0.05, 0.1) is 17.8 Å². The highest BCUT2D eigenvalue weighted by molar-refractivity contribution is 5.95. The van der Waals surface area contributed by atoms with Gasteiger partial charge in [-0.05, 0) is 35.9 Å². The Kier molecular flexibility index (Phi) is 5.39. The van der Waals surface area contributed by atoms with Crippen LogP contribution in [0.2, 0.25) is 0 Å². The van der Waals surface area contributed by atoms with Crippen molar-refractivity contribution in [2.24, 2.45) is 0 Å². The van der Waals surface area contributed by atoms with E-state index in [0.717, 1.165) is 18.2 Å². The number of aromatic nitrogens is 3. The number of benzene rings is 1. The summed E-state index contributed by atoms with van der Waals surface area (Å²) in [5.74, 6) is -3.44. The first kappa shape index (κ1) is 20.1. The molecule has 0 fully saturated rings. The van der Waals surface area contributed by atoms with Crippen LogP contribution in [0.25, 0.3) is 11.1 Å². The molecule has 0 saturated heterocycles. The first-order valence-electron chi connectivity index (χ1n) is 8.84. The third-order valence-electron chi connectivity index (χ3n) is 4.37. The van der Waals surface area contributed by atoms with Gasteiger partial charge in [0.2, 0.25) is 6.86 Å². The van der Waals surface area contributed by atoms with E-state index < -0.39 is 36.2 Å². The molecular weight excluding hydrogens is 417 g/mol. The molecule has 0 saturated carbocycles. The molecule has 158 valence electrons. The summed E-state index contributed by atoms with van der Waals surface area (Å²) in [6, 6.07) is 6.06. The van der Waals surface area contributed by atoms with Crippen molar-refractivity contribution in [1.29, 1.82) is 0 Å². The zero-order valence-corrected chi connectivity index (χ0v) is 15.6. The number of alkyl halides is 1. The standard InChI is InChI=1S/C20H13F3N4O4/c21-9-30-15-4-3-10(6-12(15)23)17(18-11(22)2-1-5-24-18)27-19(28)14-7-13-16(8-25-14)31-20(29)26-13/h1-8,17H,9H2,(H,26,29)(H,27,28)/t17-/m0/s1. The Labute approximate surface area is 171 Å². The SMILES string of the molecule is O=C(N[C@@H](c1ccc(OCF)c(F)c1)c1ncccc1F)c1cc2[nH]c(=O)oc2cn1. The third-order valence-corrected chi connectivity index (χ3v) is 4.37. The molecule has 1 atom stereocenters. The summed E-state index contributed by atoms with van der Waals surface area (Å²) in [6.45, 7) is -1.23. The number of carbonyl (C=O) groups is 1. The monoisotopic (exact) mass is 430 g/mol. The molecule has 0 spiro atoms. The number of carbonyl (C=O) groups excluding carboxylic acids is 1. The van der Waals surface area contributed by atoms with Crippen LogP contribution in [0.4, 0.5) is 13.2 Å². The number of hydrogen-bond acceptors (Lipinski definition) is 6. The highest BCUT2D eigenvalue weighted by Gasteiger charge is 2.24. The van der Waals surface area contributed by atoms with E-state index in [1.54, 1.807) is 0 Å². The van der Waals surface area contributed by atoms with Crippen molar-refractivity contribution in [2.75, 3.05) is 6.86 Å². The molecule has 3 heterocycles. The number of rotatable bonds is 6. The third kappa shape index (κ3) is 4.10. The van der Waals surface area contributed by atoms with E-state index in [4.69, 9.17) is 4.42 Å². The second-order valence-corrected chi connectivity index (χ2v) is 6.30. The molecule has 4 rings (SSSR count). The van der Waals surface area contributed by atoms with Crippen molar-refractivity contribution in [3.05, 3.63) is 87.9 Å². The van der Waals surface area contributed by atoms with Crippen molar-refractivity contribution < 1.29 is 27.1 Å². The molecule has 0 bridgehead atoms. The fourth-order valence-electron chi connectivity index (χ4n) is 2.98. The fraction of sp³-hybridized carbons (Fsp3) is 0.100. The zero-order chi connectivity index (χ0) is 22.0. The molecule has 0 aliphatic rings. The summed E-state index contributed by atoms with van der Waals surface area (Å²) >= 11 is 0. The predicted molar refractivity (Wildman–Crippen MR) is 101 cm³/mol. The average molecular weight is 430 g/mol. The van der Waals surface area contributed by atoms with Gasteiger partial charge in [-0.2, -0.15) is 0 Å². The predicted octanol–water partition coefficient (Wildman–Crippen LogP) is 3.01. The molecule has 4 aromatic rings. The number of halogens is 3. The van der Waals surface area contributed by atoms with Crippen molar-refractivity contribution in [2.45, 2.75) is 6.04 Å². The molecular formula is C20H13F3N4O4. The van der Waals surface area contributed by atoms with E-state index in [0.29, 0.717) is 0 Å². The lowest BCUT2D eigenvalue weighted by Crippen LogP contribution is -2.31. The van der Waals surface area contributed by atoms with Crippen LogP contribution in [0.1, 0.15) is 27.8 Å². The van der Waals surface area contributed by atoms with Crippen LogP contribution in [-0.4, -0.2) is 27.7 Å². The van der Waals surface area contributed by atoms with Gasteiger partial charge in [0.15, 0.2) is 17.1 Å². The number of nitrogens with one attached hydrogen (secondary N) is 2. The second kappa shape index (κ2) is 8.30. The van der Waals surface area contributed by atoms with Gasteiger partial charge in [-0.15, -0.1) is 0 Å². The number of H-pyrrole nitrogens is 1. The maximum absolute atomic E-state index is 14.4. The average Bonchev–Trinajstić information content (AvgIpc) is 3.13. The highest BCUT2D eigenvalue weighted by Crippen LogP contribution is 2.27. The minimum atomic E-state index is -1.23. The number of hydrogen-bond donors (Lipinski definition) is 2. The molecule has 11 heteroatoms. The lowest BCUT2D eigenvalue weighted by Gasteiger charge is -2.20. The van der Waals surface area contributed by atoms with Gasteiger partial charge in [0.25, 0.3) is 5.91 Å². The molecule has 0 aliphatic carbocycles. The number of aromatic amines is 1. The summed E-state index contributed by atoms with van der Waals surface area (Å²) in [5, 5.41) is 2.55. The molecule has 0 radical (unpaired) electrons. The minimum Gasteiger partial charge on any atom is -0.460 e. The van der Waals surface area contributed by atoms with E-state index in [1.165, 1.54) is 30.6 Å². The Morgan fingerprint density at radius 2 is 2.03 bits per heavy atom. The lowest BCUT2D eigenvalue weighted by atomic mass is 10.0. The molecule has 2 N–H and O–H groups in total. The van der Waals surface area contributed by atoms with Crippen molar-refractivity contribution in [3.8, 4) is 5.75 Å². The lowest BCUT2D eigenvalue weighted by molar-refractivity contribution is 0.0937. The van der Waals surface area contributed by atoms with Gasteiger partial charge in [-0.25, -0.2) is 22.9 Å². The van der Waals surface area contributed by atoms with Crippen molar-refractivity contribution in [1.82, 2.24) is 20.3 Å². The fourth-order valence-corrected chi connectivity index (χ4v) is 2.98. The molecule has 1 aromatic carbocycles. The minimum absolute atomic E-state index is 0.108. The van der Waals surface area contributed by atoms with Crippen LogP contribution in [0.5, 0.6) is 5.75 Å².